The fourth-order valence-electron chi connectivity index (χ4n) is 2.08. The molecule has 0 saturated carbocycles. The van der Waals surface area contributed by atoms with E-state index in [1.165, 1.54) is 22.4 Å². The SMILES string of the molecule is CCc1ccc(NCc2ccc(C(C)C)cc2)cc1. The van der Waals surface area contributed by atoms with Gasteiger partial charge in [0.15, 0.2) is 0 Å². The van der Waals surface area contributed by atoms with Crippen LogP contribution in [0.3, 0.4) is 0 Å². The van der Waals surface area contributed by atoms with Crippen molar-refractivity contribution in [3.8, 4) is 0 Å². The molecule has 0 bridgehead atoms. The highest BCUT2D eigenvalue weighted by atomic mass is 14.9. The van der Waals surface area contributed by atoms with Crippen molar-refractivity contribution in [3.63, 3.8) is 0 Å². The van der Waals surface area contributed by atoms with Gasteiger partial charge in [-0.25, -0.2) is 0 Å². The first-order valence-corrected chi connectivity index (χ1v) is 7.10. The van der Waals surface area contributed by atoms with Crippen molar-refractivity contribution in [2.45, 2.75) is 39.7 Å². The van der Waals surface area contributed by atoms with Crippen LogP contribution >= 0.6 is 0 Å². The van der Waals surface area contributed by atoms with Crippen LogP contribution in [-0.4, -0.2) is 0 Å². The first-order valence-electron chi connectivity index (χ1n) is 7.10. The summed E-state index contributed by atoms with van der Waals surface area (Å²) in [6, 6.07) is 17.5. The van der Waals surface area contributed by atoms with E-state index in [9.17, 15) is 0 Å². The lowest BCUT2D eigenvalue weighted by Crippen LogP contribution is -1.99. The largest absolute Gasteiger partial charge is 0.381 e. The number of anilines is 1. The van der Waals surface area contributed by atoms with Gasteiger partial charge in [0, 0.05) is 12.2 Å². The number of nitrogens with one attached hydrogen (secondary N) is 1. The molecule has 2 aromatic carbocycles. The van der Waals surface area contributed by atoms with Crippen LogP contribution in [0.4, 0.5) is 5.69 Å². The molecule has 1 N–H and O–H groups in total. The maximum Gasteiger partial charge on any atom is 0.0400 e. The average molecular weight is 253 g/mol. The van der Waals surface area contributed by atoms with Crippen molar-refractivity contribution in [1.82, 2.24) is 0 Å². The highest BCUT2D eigenvalue weighted by molar-refractivity contribution is 5.45. The normalized spacial score (nSPS) is 10.7. The third-order valence-electron chi connectivity index (χ3n) is 3.51. The smallest absolute Gasteiger partial charge is 0.0400 e. The number of hydrogen-bond acceptors (Lipinski definition) is 1. The zero-order valence-electron chi connectivity index (χ0n) is 12.1. The Hall–Kier alpha value is -1.76. The maximum absolute atomic E-state index is 3.46. The van der Waals surface area contributed by atoms with Gasteiger partial charge < -0.3 is 5.32 Å². The van der Waals surface area contributed by atoms with E-state index < -0.39 is 0 Å². The molecule has 1 nitrogen and oxygen atoms in total. The zero-order valence-corrected chi connectivity index (χ0v) is 12.1. The predicted octanol–water partition coefficient (Wildman–Crippen LogP) is 4.98. The number of aryl methyl sites for hydroxylation is 1. The molecule has 19 heavy (non-hydrogen) atoms. The van der Waals surface area contributed by atoms with E-state index in [0.29, 0.717) is 5.92 Å². The average Bonchev–Trinajstić information content (AvgIpc) is 2.46. The van der Waals surface area contributed by atoms with Crippen LogP contribution in [0.5, 0.6) is 0 Å². The van der Waals surface area contributed by atoms with Crippen LogP contribution in [-0.2, 0) is 13.0 Å². The summed E-state index contributed by atoms with van der Waals surface area (Å²) in [6.07, 6.45) is 1.09. The molecule has 0 amide bonds. The van der Waals surface area contributed by atoms with Gasteiger partial charge >= 0.3 is 0 Å². The van der Waals surface area contributed by atoms with Crippen molar-refractivity contribution in [3.05, 3.63) is 65.2 Å². The molecule has 0 unspecified atom stereocenters. The molecule has 0 aliphatic heterocycles. The van der Waals surface area contributed by atoms with Crippen LogP contribution in [0, 0.1) is 0 Å². The van der Waals surface area contributed by atoms with Crippen molar-refractivity contribution < 1.29 is 0 Å². The first-order chi connectivity index (χ1) is 9.19. The van der Waals surface area contributed by atoms with Gasteiger partial charge in [-0.3, -0.25) is 0 Å². The van der Waals surface area contributed by atoms with Gasteiger partial charge in [0.05, 0.1) is 0 Å². The molecule has 0 radical (unpaired) electrons. The lowest BCUT2D eigenvalue weighted by molar-refractivity contribution is 0.865. The fraction of sp³-hybridized carbons (Fsp3) is 0.333. The van der Waals surface area contributed by atoms with Crippen LogP contribution in [0.2, 0.25) is 0 Å². The predicted molar refractivity (Wildman–Crippen MR) is 83.7 cm³/mol. The summed E-state index contributed by atoms with van der Waals surface area (Å²) in [5, 5.41) is 3.46. The molecule has 2 aromatic rings. The molecular formula is C18H23N. The lowest BCUT2D eigenvalue weighted by Gasteiger charge is -2.09. The van der Waals surface area contributed by atoms with Gasteiger partial charge in [-0.2, -0.15) is 0 Å². The topological polar surface area (TPSA) is 12.0 Å². The van der Waals surface area contributed by atoms with Crippen LogP contribution in [0.15, 0.2) is 48.5 Å². The van der Waals surface area contributed by atoms with Gasteiger partial charge in [-0.1, -0.05) is 57.2 Å². The highest BCUT2D eigenvalue weighted by Gasteiger charge is 1.99. The Balaban J connectivity index is 1.94. The van der Waals surface area contributed by atoms with Crippen molar-refractivity contribution in [2.75, 3.05) is 5.32 Å². The van der Waals surface area contributed by atoms with Crippen molar-refractivity contribution in [1.29, 1.82) is 0 Å². The molecule has 0 atom stereocenters. The summed E-state index contributed by atoms with van der Waals surface area (Å²) in [5.74, 6) is 0.601. The molecule has 0 aliphatic carbocycles. The second kappa shape index (κ2) is 6.42. The summed E-state index contributed by atoms with van der Waals surface area (Å²) < 4.78 is 0. The van der Waals surface area contributed by atoms with Gasteiger partial charge in [0.1, 0.15) is 0 Å². The van der Waals surface area contributed by atoms with Gasteiger partial charge in [-0.15, -0.1) is 0 Å². The third kappa shape index (κ3) is 3.85. The summed E-state index contributed by atoms with van der Waals surface area (Å²) in [7, 11) is 0. The standard InChI is InChI=1S/C18H23N/c1-4-15-7-11-18(12-8-15)19-13-16-5-9-17(10-6-16)14(2)3/h5-12,14,19H,4,13H2,1-3H3. The van der Waals surface area contributed by atoms with Crippen molar-refractivity contribution in [2.24, 2.45) is 0 Å². The van der Waals surface area contributed by atoms with E-state index in [1.54, 1.807) is 0 Å². The Labute approximate surface area is 116 Å². The molecule has 1 heteroatoms. The van der Waals surface area contributed by atoms with E-state index in [4.69, 9.17) is 0 Å². The highest BCUT2D eigenvalue weighted by Crippen LogP contribution is 2.16. The zero-order chi connectivity index (χ0) is 13.7. The number of rotatable bonds is 5. The quantitative estimate of drug-likeness (QED) is 0.792. The summed E-state index contributed by atoms with van der Waals surface area (Å²) in [6.45, 7) is 7.51. The third-order valence-corrected chi connectivity index (χ3v) is 3.51. The number of benzene rings is 2. The molecule has 0 saturated heterocycles. The van der Waals surface area contributed by atoms with Crippen LogP contribution in [0.1, 0.15) is 43.4 Å². The van der Waals surface area contributed by atoms with E-state index in [0.717, 1.165) is 13.0 Å². The van der Waals surface area contributed by atoms with Gasteiger partial charge in [0.25, 0.3) is 0 Å². The van der Waals surface area contributed by atoms with E-state index in [-0.39, 0.29) is 0 Å². The van der Waals surface area contributed by atoms with Crippen molar-refractivity contribution >= 4 is 5.69 Å². The Kier molecular flexibility index (Phi) is 4.62. The first kappa shape index (κ1) is 13.7. The molecular weight excluding hydrogens is 230 g/mol. The fourth-order valence-corrected chi connectivity index (χ4v) is 2.08. The number of hydrogen-bond donors (Lipinski definition) is 1. The molecule has 0 fully saturated rings. The Morgan fingerprint density at radius 2 is 1.42 bits per heavy atom. The molecule has 100 valence electrons. The Morgan fingerprint density at radius 3 is 1.95 bits per heavy atom. The molecule has 0 spiro atoms. The molecule has 0 heterocycles. The van der Waals surface area contributed by atoms with E-state index in [2.05, 4.69) is 74.6 Å². The summed E-state index contributed by atoms with van der Waals surface area (Å²) in [5.41, 5.74) is 5.29. The second-order valence-corrected chi connectivity index (χ2v) is 5.30. The van der Waals surface area contributed by atoms with E-state index >= 15 is 0 Å². The van der Waals surface area contributed by atoms with Gasteiger partial charge in [0.2, 0.25) is 0 Å². The maximum atomic E-state index is 3.46. The molecule has 0 aromatic heterocycles. The Bertz CT molecular complexity index is 494. The minimum atomic E-state index is 0.601. The van der Waals surface area contributed by atoms with Crippen LogP contribution in [0.25, 0.3) is 0 Å². The Morgan fingerprint density at radius 1 is 0.842 bits per heavy atom. The molecule has 2 rings (SSSR count). The van der Waals surface area contributed by atoms with Gasteiger partial charge in [-0.05, 0) is 41.2 Å². The second-order valence-electron chi connectivity index (χ2n) is 5.30. The summed E-state index contributed by atoms with van der Waals surface area (Å²) >= 11 is 0. The van der Waals surface area contributed by atoms with E-state index in [1.807, 2.05) is 0 Å². The minimum Gasteiger partial charge on any atom is -0.381 e. The summed E-state index contributed by atoms with van der Waals surface area (Å²) in [4.78, 5) is 0. The minimum absolute atomic E-state index is 0.601. The molecule has 0 aliphatic rings. The van der Waals surface area contributed by atoms with Crippen LogP contribution < -0.4 is 5.32 Å². The lowest BCUT2D eigenvalue weighted by atomic mass is 10.0. The monoisotopic (exact) mass is 253 g/mol.